The second kappa shape index (κ2) is 5.28. The van der Waals surface area contributed by atoms with Crippen LogP contribution >= 0.6 is 0 Å². The molecule has 3 aromatic rings. The first-order valence-corrected chi connectivity index (χ1v) is 6.59. The van der Waals surface area contributed by atoms with Gasteiger partial charge >= 0.3 is 0 Å². The summed E-state index contributed by atoms with van der Waals surface area (Å²) in [7, 11) is 0. The van der Waals surface area contributed by atoms with E-state index in [1.54, 1.807) is 6.26 Å². The van der Waals surface area contributed by atoms with E-state index < -0.39 is 0 Å². The molecular formula is C15H17N3O. The predicted molar refractivity (Wildman–Crippen MR) is 74.0 cm³/mol. The molecule has 3 heterocycles. The normalized spacial score (nSPS) is 12.9. The Morgan fingerprint density at radius 3 is 3.05 bits per heavy atom. The molecule has 0 saturated carbocycles. The Hall–Kier alpha value is -2.07. The van der Waals surface area contributed by atoms with Gasteiger partial charge in [-0.2, -0.15) is 5.10 Å². The summed E-state index contributed by atoms with van der Waals surface area (Å²) in [5.41, 5.74) is 2.25. The molecule has 0 amide bonds. The van der Waals surface area contributed by atoms with Crippen LogP contribution in [0.3, 0.4) is 0 Å². The molecule has 19 heavy (non-hydrogen) atoms. The van der Waals surface area contributed by atoms with Gasteiger partial charge in [0.05, 0.1) is 24.0 Å². The van der Waals surface area contributed by atoms with Gasteiger partial charge in [-0.15, -0.1) is 0 Å². The van der Waals surface area contributed by atoms with Gasteiger partial charge in [-0.25, -0.2) is 4.52 Å². The minimum absolute atomic E-state index is 0.0508. The summed E-state index contributed by atoms with van der Waals surface area (Å²) in [5.74, 6) is 0.923. The summed E-state index contributed by atoms with van der Waals surface area (Å²) in [5, 5.41) is 7.91. The smallest absolute Gasteiger partial charge is 0.125 e. The van der Waals surface area contributed by atoms with Crippen LogP contribution in [-0.4, -0.2) is 16.2 Å². The monoisotopic (exact) mass is 255 g/mol. The molecule has 1 unspecified atom stereocenters. The second-order valence-corrected chi connectivity index (χ2v) is 4.53. The Balaban J connectivity index is 2.03. The van der Waals surface area contributed by atoms with Crippen molar-refractivity contribution in [3.63, 3.8) is 0 Å². The zero-order chi connectivity index (χ0) is 13.1. The van der Waals surface area contributed by atoms with Crippen LogP contribution in [0.1, 0.15) is 30.7 Å². The number of nitrogens with one attached hydrogen (secondary N) is 1. The average molecular weight is 255 g/mol. The highest BCUT2D eigenvalue weighted by molar-refractivity contribution is 5.56. The highest BCUT2D eigenvalue weighted by Crippen LogP contribution is 2.26. The molecule has 0 radical (unpaired) electrons. The van der Waals surface area contributed by atoms with E-state index in [9.17, 15) is 0 Å². The third-order valence-electron chi connectivity index (χ3n) is 3.19. The van der Waals surface area contributed by atoms with Gasteiger partial charge in [-0.1, -0.05) is 13.0 Å². The molecule has 4 heteroatoms. The lowest BCUT2D eigenvalue weighted by atomic mass is 10.1. The van der Waals surface area contributed by atoms with Gasteiger partial charge in [0.1, 0.15) is 5.76 Å². The Kier molecular flexibility index (Phi) is 3.33. The van der Waals surface area contributed by atoms with Gasteiger partial charge < -0.3 is 9.73 Å². The molecule has 1 N–H and O–H groups in total. The number of hydrogen-bond acceptors (Lipinski definition) is 3. The Morgan fingerprint density at radius 2 is 2.26 bits per heavy atom. The lowest BCUT2D eigenvalue weighted by Crippen LogP contribution is -2.22. The SMILES string of the molecule is CCCNC(c1ccco1)c1cnn2ccccc12. The fraction of sp³-hybridized carbons (Fsp3) is 0.267. The molecule has 0 saturated heterocycles. The first-order valence-electron chi connectivity index (χ1n) is 6.59. The fourth-order valence-corrected chi connectivity index (χ4v) is 2.28. The van der Waals surface area contributed by atoms with E-state index in [1.807, 2.05) is 41.2 Å². The predicted octanol–water partition coefficient (Wildman–Crippen LogP) is 3.02. The molecule has 0 bridgehead atoms. The van der Waals surface area contributed by atoms with Crippen LogP contribution in [0.15, 0.2) is 53.4 Å². The van der Waals surface area contributed by atoms with Crippen LogP contribution in [0.4, 0.5) is 0 Å². The number of pyridine rings is 1. The number of aromatic nitrogens is 2. The summed E-state index contributed by atoms with van der Waals surface area (Å²) in [6.45, 7) is 3.10. The van der Waals surface area contributed by atoms with E-state index in [-0.39, 0.29) is 6.04 Å². The Bertz CT molecular complexity index is 642. The zero-order valence-electron chi connectivity index (χ0n) is 10.9. The van der Waals surface area contributed by atoms with Crippen molar-refractivity contribution in [3.05, 3.63) is 60.3 Å². The molecule has 1 atom stereocenters. The molecule has 0 spiro atoms. The molecule has 0 aliphatic rings. The van der Waals surface area contributed by atoms with E-state index in [0.29, 0.717) is 0 Å². The third kappa shape index (κ3) is 2.27. The van der Waals surface area contributed by atoms with Crippen molar-refractivity contribution >= 4 is 5.52 Å². The molecule has 4 nitrogen and oxygen atoms in total. The first-order chi connectivity index (χ1) is 9.40. The van der Waals surface area contributed by atoms with Gasteiger partial charge in [0.25, 0.3) is 0 Å². The lowest BCUT2D eigenvalue weighted by molar-refractivity contribution is 0.448. The van der Waals surface area contributed by atoms with Crippen LogP contribution in [0.25, 0.3) is 5.52 Å². The fourth-order valence-electron chi connectivity index (χ4n) is 2.28. The molecule has 0 aliphatic heterocycles. The van der Waals surface area contributed by atoms with Gasteiger partial charge in [0, 0.05) is 11.8 Å². The van der Waals surface area contributed by atoms with E-state index in [1.165, 1.54) is 0 Å². The van der Waals surface area contributed by atoms with Gasteiger partial charge in [-0.3, -0.25) is 0 Å². The summed E-state index contributed by atoms with van der Waals surface area (Å²) < 4.78 is 7.45. The lowest BCUT2D eigenvalue weighted by Gasteiger charge is -2.15. The van der Waals surface area contributed by atoms with Crippen molar-refractivity contribution in [1.29, 1.82) is 0 Å². The molecule has 0 aliphatic carbocycles. The van der Waals surface area contributed by atoms with Crippen molar-refractivity contribution in [2.45, 2.75) is 19.4 Å². The maximum atomic E-state index is 5.57. The van der Waals surface area contributed by atoms with Crippen LogP contribution in [-0.2, 0) is 0 Å². The second-order valence-electron chi connectivity index (χ2n) is 4.53. The Morgan fingerprint density at radius 1 is 1.32 bits per heavy atom. The van der Waals surface area contributed by atoms with Gasteiger partial charge in [0.2, 0.25) is 0 Å². The van der Waals surface area contributed by atoms with E-state index >= 15 is 0 Å². The maximum Gasteiger partial charge on any atom is 0.125 e. The number of furan rings is 1. The average Bonchev–Trinajstić information content (AvgIpc) is 3.09. The number of nitrogens with zero attached hydrogens (tertiary/aromatic N) is 2. The van der Waals surface area contributed by atoms with Crippen molar-refractivity contribution in [1.82, 2.24) is 14.9 Å². The molecule has 3 aromatic heterocycles. The molecule has 3 rings (SSSR count). The Labute approximate surface area is 112 Å². The largest absolute Gasteiger partial charge is 0.467 e. The van der Waals surface area contributed by atoms with Crippen LogP contribution in [0.2, 0.25) is 0 Å². The molecular weight excluding hydrogens is 238 g/mol. The van der Waals surface area contributed by atoms with Crippen molar-refractivity contribution in [2.75, 3.05) is 6.54 Å². The highest BCUT2D eigenvalue weighted by Gasteiger charge is 2.19. The van der Waals surface area contributed by atoms with E-state index in [4.69, 9.17) is 4.42 Å². The van der Waals surface area contributed by atoms with E-state index in [2.05, 4.69) is 23.4 Å². The summed E-state index contributed by atoms with van der Waals surface area (Å²) in [6.07, 6.45) is 6.65. The van der Waals surface area contributed by atoms with Crippen LogP contribution < -0.4 is 5.32 Å². The number of hydrogen-bond donors (Lipinski definition) is 1. The van der Waals surface area contributed by atoms with Crippen LogP contribution in [0, 0.1) is 0 Å². The summed E-state index contributed by atoms with van der Waals surface area (Å²) in [4.78, 5) is 0. The van der Waals surface area contributed by atoms with Crippen molar-refractivity contribution < 1.29 is 4.42 Å². The maximum absolute atomic E-state index is 5.57. The summed E-state index contributed by atoms with van der Waals surface area (Å²) in [6, 6.07) is 10.0. The number of rotatable bonds is 5. The van der Waals surface area contributed by atoms with Gasteiger partial charge in [-0.05, 0) is 37.2 Å². The highest BCUT2D eigenvalue weighted by atomic mass is 16.3. The molecule has 98 valence electrons. The topological polar surface area (TPSA) is 42.5 Å². The summed E-state index contributed by atoms with van der Waals surface area (Å²) >= 11 is 0. The van der Waals surface area contributed by atoms with Crippen molar-refractivity contribution in [2.24, 2.45) is 0 Å². The minimum Gasteiger partial charge on any atom is -0.467 e. The van der Waals surface area contributed by atoms with E-state index in [0.717, 1.165) is 29.8 Å². The quantitative estimate of drug-likeness (QED) is 0.762. The van der Waals surface area contributed by atoms with Gasteiger partial charge in [0.15, 0.2) is 0 Å². The molecule has 0 aromatic carbocycles. The molecule has 0 fully saturated rings. The van der Waals surface area contributed by atoms with Crippen LogP contribution in [0.5, 0.6) is 0 Å². The standard InChI is InChI=1S/C15H17N3O/c1-2-8-16-15(14-7-5-10-19-14)12-11-17-18-9-4-3-6-13(12)18/h3-7,9-11,15-16H,2,8H2,1H3. The number of fused-ring (bicyclic) bond motifs is 1. The third-order valence-corrected chi connectivity index (χ3v) is 3.19. The first kappa shape index (κ1) is 12.0. The zero-order valence-corrected chi connectivity index (χ0v) is 10.9. The van der Waals surface area contributed by atoms with Crippen molar-refractivity contribution in [3.8, 4) is 0 Å². The minimum atomic E-state index is 0.0508.